The highest BCUT2D eigenvalue weighted by atomic mass is 16.5. The second kappa shape index (κ2) is 11.7. The quantitative estimate of drug-likeness (QED) is 0.485. The second-order valence-corrected chi connectivity index (χ2v) is 7.72. The fraction of sp³-hybridized carbons (Fsp3) is 0.565. The number of ether oxygens (including phenoxy) is 1. The number of aliphatic imine (C=N–C) groups is 1. The predicted molar refractivity (Wildman–Crippen MR) is 119 cm³/mol. The summed E-state index contributed by atoms with van der Waals surface area (Å²) in [5.41, 5.74) is 3.60. The fourth-order valence-corrected chi connectivity index (χ4v) is 3.67. The van der Waals surface area contributed by atoms with E-state index < -0.39 is 0 Å². The van der Waals surface area contributed by atoms with E-state index in [1.165, 1.54) is 11.1 Å². The standard InChI is InChI=1S/C23H35N5O2/c1-4-20(5-2)22-14-21(30-27-22)16-26-23(24-3)25-15-18-6-8-19(9-7-18)17-28-10-12-29-13-11-28/h6-9,14,20H,4-5,10-13,15-17H2,1-3H3,(H2,24,25,26). The van der Waals surface area contributed by atoms with E-state index in [9.17, 15) is 0 Å². The summed E-state index contributed by atoms with van der Waals surface area (Å²) in [6.45, 7) is 10.3. The third kappa shape index (κ3) is 6.57. The predicted octanol–water partition coefficient (Wildman–Crippen LogP) is 3.28. The topological polar surface area (TPSA) is 74.9 Å². The van der Waals surface area contributed by atoms with Crippen LogP contribution in [0.1, 0.15) is 55.2 Å². The molecule has 0 bridgehead atoms. The molecule has 2 N–H and O–H groups in total. The van der Waals surface area contributed by atoms with Crippen molar-refractivity contribution >= 4 is 5.96 Å². The maximum atomic E-state index is 5.48. The second-order valence-electron chi connectivity index (χ2n) is 7.72. The molecule has 164 valence electrons. The number of guanidine groups is 1. The largest absolute Gasteiger partial charge is 0.379 e. The van der Waals surface area contributed by atoms with Gasteiger partial charge in [-0.1, -0.05) is 43.3 Å². The molecule has 7 heteroatoms. The van der Waals surface area contributed by atoms with Crippen molar-refractivity contribution in [1.82, 2.24) is 20.7 Å². The van der Waals surface area contributed by atoms with Gasteiger partial charge in [-0.15, -0.1) is 0 Å². The molecule has 0 radical (unpaired) electrons. The molecule has 2 heterocycles. The maximum Gasteiger partial charge on any atom is 0.191 e. The van der Waals surface area contributed by atoms with E-state index in [1.807, 2.05) is 6.07 Å². The molecule has 1 aliphatic heterocycles. The van der Waals surface area contributed by atoms with E-state index in [0.29, 0.717) is 19.0 Å². The molecule has 2 aromatic rings. The third-order valence-corrected chi connectivity index (χ3v) is 5.63. The molecule has 30 heavy (non-hydrogen) atoms. The van der Waals surface area contributed by atoms with Crippen molar-refractivity contribution in [2.75, 3.05) is 33.4 Å². The number of benzene rings is 1. The molecule has 1 fully saturated rings. The summed E-state index contributed by atoms with van der Waals surface area (Å²) in [6, 6.07) is 10.8. The molecule has 0 spiro atoms. The zero-order valence-electron chi connectivity index (χ0n) is 18.5. The SMILES string of the molecule is CCC(CC)c1cc(CNC(=NC)NCc2ccc(CN3CCOCC3)cc2)on1. The Hall–Kier alpha value is -2.38. The van der Waals surface area contributed by atoms with Crippen LogP contribution in [0.2, 0.25) is 0 Å². The molecule has 0 saturated carbocycles. The summed E-state index contributed by atoms with van der Waals surface area (Å²) in [4.78, 5) is 6.73. The minimum atomic E-state index is 0.464. The Morgan fingerprint density at radius 1 is 1.07 bits per heavy atom. The third-order valence-electron chi connectivity index (χ3n) is 5.63. The first kappa shape index (κ1) is 22.3. The van der Waals surface area contributed by atoms with Crippen LogP contribution in [0.3, 0.4) is 0 Å². The van der Waals surface area contributed by atoms with E-state index in [0.717, 1.165) is 63.1 Å². The van der Waals surface area contributed by atoms with Gasteiger partial charge in [0.15, 0.2) is 11.7 Å². The van der Waals surface area contributed by atoms with Crippen LogP contribution in [0.4, 0.5) is 0 Å². The summed E-state index contributed by atoms with van der Waals surface area (Å²) >= 11 is 0. The first-order chi connectivity index (χ1) is 14.7. The van der Waals surface area contributed by atoms with Crippen molar-refractivity contribution in [2.24, 2.45) is 4.99 Å². The zero-order valence-corrected chi connectivity index (χ0v) is 18.5. The number of aromatic nitrogens is 1. The lowest BCUT2D eigenvalue weighted by atomic mass is 9.99. The zero-order chi connectivity index (χ0) is 21.2. The molecule has 3 rings (SSSR count). The summed E-state index contributed by atoms with van der Waals surface area (Å²) in [5.74, 6) is 2.03. The summed E-state index contributed by atoms with van der Waals surface area (Å²) in [5, 5.41) is 10.9. The van der Waals surface area contributed by atoms with Gasteiger partial charge in [0.1, 0.15) is 0 Å². The molecule has 0 amide bonds. The van der Waals surface area contributed by atoms with Crippen molar-refractivity contribution in [2.45, 2.75) is 52.2 Å². The van der Waals surface area contributed by atoms with Crippen LogP contribution in [0.5, 0.6) is 0 Å². The molecule has 1 aromatic heterocycles. The van der Waals surface area contributed by atoms with E-state index in [2.05, 4.69) is 63.8 Å². The van der Waals surface area contributed by atoms with Gasteiger partial charge in [-0.05, 0) is 24.0 Å². The highest BCUT2D eigenvalue weighted by Gasteiger charge is 2.13. The lowest BCUT2D eigenvalue weighted by molar-refractivity contribution is 0.0342. The smallest absolute Gasteiger partial charge is 0.191 e. The van der Waals surface area contributed by atoms with Crippen molar-refractivity contribution in [3.05, 3.63) is 52.9 Å². The van der Waals surface area contributed by atoms with Gasteiger partial charge in [-0.25, -0.2) is 0 Å². The van der Waals surface area contributed by atoms with Gasteiger partial charge in [-0.3, -0.25) is 9.89 Å². The lowest BCUT2D eigenvalue weighted by Crippen LogP contribution is -2.36. The van der Waals surface area contributed by atoms with Gasteiger partial charge >= 0.3 is 0 Å². The van der Waals surface area contributed by atoms with E-state index in [1.54, 1.807) is 7.05 Å². The van der Waals surface area contributed by atoms with Crippen LogP contribution < -0.4 is 10.6 Å². The number of nitrogens with zero attached hydrogens (tertiary/aromatic N) is 3. The number of nitrogens with one attached hydrogen (secondary N) is 2. The first-order valence-electron chi connectivity index (χ1n) is 11.0. The molecular weight excluding hydrogens is 378 g/mol. The van der Waals surface area contributed by atoms with Crippen molar-refractivity contribution in [3.63, 3.8) is 0 Å². The summed E-state index contributed by atoms with van der Waals surface area (Å²) in [6.07, 6.45) is 2.15. The first-order valence-corrected chi connectivity index (χ1v) is 11.0. The fourth-order valence-electron chi connectivity index (χ4n) is 3.67. The van der Waals surface area contributed by atoms with Gasteiger partial charge in [-0.2, -0.15) is 0 Å². The highest BCUT2D eigenvalue weighted by molar-refractivity contribution is 5.79. The van der Waals surface area contributed by atoms with Crippen LogP contribution in [-0.4, -0.2) is 49.4 Å². The number of morpholine rings is 1. The Kier molecular flexibility index (Phi) is 8.71. The maximum absolute atomic E-state index is 5.48. The van der Waals surface area contributed by atoms with Gasteiger partial charge in [0, 0.05) is 45.2 Å². The Balaban J connectivity index is 1.43. The number of hydrogen-bond donors (Lipinski definition) is 2. The molecule has 0 aliphatic carbocycles. The monoisotopic (exact) mass is 413 g/mol. The minimum absolute atomic E-state index is 0.464. The van der Waals surface area contributed by atoms with Crippen molar-refractivity contribution in [1.29, 1.82) is 0 Å². The van der Waals surface area contributed by atoms with E-state index in [4.69, 9.17) is 9.26 Å². The average Bonchev–Trinajstić information content (AvgIpc) is 3.25. The Morgan fingerprint density at radius 2 is 1.73 bits per heavy atom. The van der Waals surface area contributed by atoms with Gasteiger partial charge < -0.3 is 19.9 Å². The van der Waals surface area contributed by atoms with Crippen LogP contribution in [0.15, 0.2) is 39.8 Å². The molecule has 1 aliphatic rings. The van der Waals surface area contributed by atoms with Gasteiger partial charge in [0.25, 0.3) is 0 Å². The molecule has 0 atom stereocenters. The normalized spacial score (nSPS) is 15.5. The van der Waals surface area contributed by atoms with Crippen LogP contribution in [0, 0.1) is 0 Å². The van der Waals surface area contributed by atoms with Crippen LogP contribution in [-0.2, 0) is 24.4 Å². The summed E-state index contributed by atoms with van der Waals surface area (Å²) < 4.78 is 10.9. The highest BCUT2D eigenvalue weighted by Crippen LogP contribution is 2.22. The Labute approximate surface area is 179 Å². The number of rotatable bonds is 9. The van der Waals surface area contributed by atoms with Crippen molar-refractivity contribution < 1.29 is 9.26 Å². The van der Waals surface area contributed by atoms with Crippen LogP contribution in [0.25, 0.3) is 0 Å². The summed E-state index contributed by atoms with van der Waals surface area (Å²) in [7, 11) is 1.77. The van der Waals surface area contributed by atoms with E-state index >= 15 is 0 Å². The minimum Gasteiger partial charge on any atom is -0.379 e. The molecular formula is C23H35N5O2. The lowest BCUT2D eigenvalue weighted by Gasteiger charge is -2.26. The number of hydrogen-bond acceptors (Lipinski definition) is 5. The molecule has 1 aromatic carbocycles. The van der Waals surface area contributed by atoms with Crippen LogP contribution >= 0.6 is 0 Å². The van der Waals surface area contributed by atoms with Gasteiger partial charge in [0.05, 0.1) is 25.5 Å². The average molecular weight is 414 g/mol. The molecule has 7 nitrogen and oxygen atoms in total. The van der Waals surface area contributed by atoms with Crippen molar-refractivity contribution in [3.8, 4) is 0 Å². The Bertz CT molecular complexity index is 777. The van der Waals surface area contributed by atoms with E-state index in [-0.39, 0.29) is 0 Å². The molecule has 0 unspecified atom stereocenters. The Morgan fingerprint density at radius 3 is 2.40 bits per heavy atom. The van der Waals surface area contributed by atoms with Gasteiger partial charge in [0.2, 0.25) is 0 Å². The molecule has 1 saturated heterocycles.